The molecule has 0 saturated carbocycles. The average molecular weight is 258 g/mol. The molecule has 2 aromatic rings. The molecule has 102 valence electrons. The highest BCUT2D eigenvalue weighted by molar-refractivity contribution is 5.75. The van der Waals surface area contributed by atoms with Gasteiger partial charge in [-0.3, -0.25) is 4.90 Å². The van der Waals surface area contributed by atoms with Crippen LogP contribution in [0.25, 0.3) is 11.0 Å². The van der Waals surface area contributed by atoms with Crippen LogP contribution in [0.15, 0.2) is 24.3 Å². The maximum absolute atomic E-state index is 5.88. The van der Waals surface area contributed by atoms with Gasteiger partial charge in [0, 0.05) is 19.6 Å². The molecule has 1 aromatic carbocycles. The molecule has 0 aliphatic carbocycles. The number of aryl methyl sites for hydroxylation is 1. The van der Waals surface area contributed by atoms with Gasteiger partial charge in [0.2, 0.25) is 0 Å². The minimum absolute atomic E-state index is 0.327. The van der Waals surface area contributed by atoms with Crippen molar-refractivity contribution in [2.45, 2.75) is 31.8 Å². The number of nitrogens with zero attached hydrogens (tertiary/aromatic N) is 3. The van der Waals surface area contributed by atoms with Gasteiger partial charge in [0.05, 0.1) is 17.1 Å². The number of likely N-dealkylation sites (tertiary alicyclic amines) is 1. The summed E-state index contributed by atoms with van der Waals surface area (Å²) in [5, 5.41) is 0. The molecule has 1 aromatic heterocycles. The number of nitrogens with two attached hydrogens (primary N) is 1. The van der Waals surface area contributed by atoms with Gasteiger partial charge in [-0.05, 0) is 38.4 Å². The van der Waals surface area contributed by atoms with Crippen LogP contribution in [-0.2, 0) is 7.05 Å². The van der Waals surface area contributed by atoms with Crippen molar-refractivity contribution in [3.63, 3.8) is 0 Å². The Morgan fingerprint density at radius 2 is 2.21 bits per heavy atom. The summed E-state index contributed by atoms with van der Waals surface area (Å²) >= 11 is 0. The molecule has 4 heteroatoms. The molecule has 3 rings (SSSR count). The van der Waals surface area contributed by atoms with Crippen LogP contribution in [0.2, 0.25) is 0 Å². The lowest BCUT2D eigenvalue weighted by Crippen LogP contribution is -2.38. The van der Waals surface area contributed by atoms with Gasteiger partial charge in [-0.15, -0.1) is 0 Å². The van der Waals surface area contributed by atoms with E-state index in [-0.39, 0.29) is 0 Å². The number of fused-ring (bicyclic) bond motifs is 1. The average Bonchev–Trinajstić information content (AvgIpc) is 3.03. The van der Waals surface area contributed by atoms with E-state index in [1.54, 1.807) is 0 Å². The van der Waals surface area contributed by atoms with E-state index in [2.05, 4.69) is 41.6 Å². The van der Waals surface area contributed by atoms with Gasteiger partial charge < -0.3 is 10.3 Å². The summed E-state index contributed by atoms with van der Waals surface area (Å²) in [5.41, 5.74) is 8.17. The summed E-state index contributed by atoms with van der Waals surface area (Å²) in [6.07, 6.45) is 2.46. The number of aromatic nitrogens is 2. The van der Waals surface area contributed by atoms with Crippen molar-refractivity contribution in [2.75, 3.05) is 13.1 Å². The molecule has 19 heavy (non-hydrogen) atoms. The molecule has 1 fully saturated rings. The Labute approximate surface area is 114 Å². The minimum atomic E-state index is 0.327. The van der Waals surface area contributed by atoms with E-state index >= 15 is 0 Å². The zero-order valence-corrected chi connectivity index (χ0v) is 11.7. The lowest BCUT2D eigenvalue weighted by Gasteiger charge is -2.29. The van der Waals surface area contributed by atoms with Gasteiger partial charge in [-0.1, -0.05) is 12.1 Å². The highest BCUT2D eigenvalue weighted by atomic mass is 15.2. The molecule has 1 aliphatic rings. The molecule has 0 spiro atoms. The summed E-state index contributed by atoms with van der Waals surface area (Å²) in [4.78, 5) is 7.31. The van der Waals surface area contributed by atoms with Crippen LogP contribution >= 0.6 is 0 Å². The van der Waals surface area contributed by atoms with Gasteiger partial charge in [0.1, 0.15) is 5.82 Å². The Bertz CT molecular complexity index is 575. The van der Waals surface area contributed by atoms with Crippen molar-refractivity contribution in [3.8, 4) is 0 Å². The predicted molar refractivity (Wildman–Crippen MR) is 77.9 cm³/mol. The normalized spacial score (nSPS) is 22.2. The van der Waals surface area contributed by atoms with E-state index in [1.165, 1.54) is 18.4 Å². The maximum Gasteiger partial charge on any atom is 0.126 e. The fraction of sp³-hybridized carbons (Fsp3) is 0.533. The number of para-hydroxylation sites is 2. The van der Waals surface area contributed by atoms with Crippen LogP contribution in [0, 0.1) is 0 Å². The molecular weight excluding hydrogens is 236 g/mol. The lowest BCUT2D eigenvalue weighted by molar-refractivity contribution is 0.187. The molecule has 4 nitrogen and oxygen atoms in total. The van der Waals surface area contributed by atoms with Gasteiger partial charge in [0.25, 0.3) is 0 Å². The smallest absolute Gasteiger partial charge is 0.126 e. The molecule has 2 atom stereocenters. The molecular formula is C15H22N4. The first-order valence-electron chi connectivity index (χ1n) is 7.09. The number of rotatable bonds is 3. The summed E-state index contributed by atoms with van der Waals surface area (Å²) in [7, 11) is 2.11. The lowest BCUT2D eigenvalue weighted by atomic mass is 10.2. The zero-order chi connectivity index (χ0) is 13.4. The monoisotopic (exact) mass is 258 g/mol. The van der Waals surface area contributed by atoms with Gasteiger partial charge in [0.15, 0.2) is 0 Å². The van der Waals surface area contributed by atoms with E-state index in [0.717, 1.165) is 24.4 Å². The molecule has 0 bridgehead atoms. The molecule has 1 saturated heterocycles. The molecule has 0 radical (unpaired) electrons. The van der Waals surface area contributed by atoms with Crippen molar-refractivity contribution in [2.24, 2.45) is 12.8 Å². The van der Waals surface area contributed by atoms with Crippen LogP contribution in [0.5, 0.6) is 0 Å². The molecule has 2 unspecified atom stereocenters. The third-order valence-corrected chi connectivity index (χ3v) is 4.39. The summed E-state index contributed by atoms with van der Waals surface area (Å²) in [5.74, 6) is 1.14. The summed E-state index contributed by atoms with van der Waals surface area (Å²) < 4.78 is 2.21. The Morgan fingerprint density at radius 3 is 2.95 bits per heavy atom. The summed E-state index contributed by atoms with van der Waals surface area (Å²) in [6, 6.07) is 9.15. The molecule has 0 amide bonds. The fourth-order valence-electron chi connectivity index (χ4n) is 3.31. The first-order chi connectivity index (χ1) is 9.22. The Balaban J connectivity index is 1.97. The van der Waals surface area contributed by atoms with E-state index in [4.69, 9.17) is 10.7 Å². The van der Waals surface area contributed by atoms with Crippen molar-refractivity contribution in [1.29, 1.82) is 0 Å². The minimum Gasteiger partial charge on any atom is -0.330 e. The molecule has 2 N–H and O–H groups in total. The molecule has 1 aliphatic heterocycles. The van der Waals surface area contributed by atoms with E-state index in [0.29, 0.717) is 12.1 Å². The SMILES string of the molecule is CC(c1nc2ccccc2n1C)N1CCCC1CN. The van der Waals surface area contributed by atoms with Crippen molar-refractivity contribution in [1.82, 2.24) is 14.5 Å². The topological polar surface area (TPSA) is 47.1 Å². The van der Waals surface area contributed by atoms with Crippen molar-refractivity contribution < 1.29 is 0 Å². The highest BCUT2D eigenvalue weighted by Crippen LogP contribution is 2.29. The molecule has 2 heterocycles. The maximum atomic E-state index is 5.88. The van der Waals surface area contributed by atoms with Crippen molar-refractivity contribution in [3.05, 3.63) is 30.1 Å². The number of hydrogen-bond acceptors (Lipinski definition) is 3. The van der Waals surface area contributed by atoms with Gasteiger partial charge in [-0.25, -0.2) is 4.98 Å². The van der Waals surface area contributed by atoms with Crippen LogP contribution in [-0.4, -0.2) is 33.6 Å². The first kappa shape index (κ1) is 12.6. The van der Waals surface area contributed by atoms with E-state index < -0.39 is 0 Å². The predicted octanol–water partition coefficient (Wildman–Crippen LogP) is 2.06. The van der Waals surface area contributed by atoms with Crippen LogP contribution in [0.1, 0.15) is 31.6 Å². The second kappa shape index (κ2) is 4.94. The Kier molecular flexibility index (Phi) is 3.29. The van der Waals surface area contributed by atoms with Crippen LogP contribution in [0.3, 0.4) is 0 Å². The van der Waals surface area contributed by atoms with E-state index in [1.807, 2.05) is 6.07 Å². The Morgan fingerprint density at radius 1 is 1.42 bits per heavy atom. The summed E-state index contributed by atoms with van der Waals surface area (Å²) in [6.45, 7) is 4.12. The quantitative estimate of drug-likeness (QED) is 0.916. The largest absolute Gasteiger partial charge is 0.330 e. The standard InChI is InChI=1S/C15H22N4/c1-11(19-9-5-6-12(19)10-16)15-17-13-7-3-4-8-14(13)18(15)2/h3-4,7-8,11-12H,5-6,9-10,16H2,1-2H3. The third-order valence-electron chi connectivity index (χ3n) is 4.39. The fourth-order valence-corrected chi connectivity index (χ4v) is 3.31. The van der Waals surface area contributed by atoms with Crippen LogP contribution < -0.4 is 5.73 Å². The Hall–Kier alpha value is -1.39. The first-order valence-corrected chi connectivity index (χ1v) is 7.09. The highest BCUT2D eigenvalue weighted by Gasteiger charge is 2.30. The second-order valence-corrected chi connectivity index (χ2v) is 5.46. The van der Waals surface area contributed by atoms with Gasteiger partial charge >= 0.3 is 0 Å². The zero-order valence-electron chi connectivity index (χ0n) is 11.7. The number of hydrogen-bond donors (Lipinski definition) is 1. The second-order valence-electron chi connectivity index (χ2n) is 5.46. The van der Waals surface area contributed by atoms with Crippen LogP contribution in [0.4, 0.5) is 0 Å². The number of benzene rings is 1. The van der Waals surface area contributed by atoms with Gasteiger partial charge in [-0.2, -0.15) is 0 Å². The number of imidazole rings is 1. The van der Waals surface area contributed by atoms with Crippen molar-refractivity contribution >= 4 is 11.0 Å². The van der Waals surface area contributed by atoms with E-state index in [9.17, 15) is 0 Å². The third kappa shape index (κ3) is 2.05.